The van der Waals surface area contributed by atoms with Crippen molar-refractivity contribution in [3.8, 4) is 5.75 Å². The van der Waals surface area contributed by atoms with Crippen LogP contribution in [-0.2, 0) is 14.3 Å². The molecule has 1 fully saturated rings. The minimum absolute atomic E-state index is 0.0774. The minimum atomic E-state index is -0.819. The summed E-state index contributed by atoms with van der Waals surface area (Å²) < 4.78 is 24.1. The SMILES string of the molecule is CC(C)(C)OC(=O)NCC(=O)Oc1cc(F)ccc1/C=C1/SC(N2CCCCN2)=NC1=O.CCC. The quantitative estimate of drug-likeness (QED) is 0.353. The summed E-state index contributed by atoms with van der Waals surface area (Å²) in [5, 5.41) is 4.66. The molecule has 0 atom stereocenters. The Morgan fingerprint density at radius 3 is 2.63 bits per heavy atom. The Bertz CT molecular complexity index is 985. The lowest BCUT2D eigenvalue weighted by Crippen LogP contribution is -2.45. The molecule has 0 aromatic heterocycles. The number of thioether (sulfide) groups is 1. The van der Waals surface area contributed by atoms with Crippen LogP contribution in [0.2, 0.25) is 0 Å². The second-order valence-corrected chi connectivity index (χ2v) is 9.80. The van der Waals surface area contributed by atoms with E-state index in [1.807, 2.05) is 5.01 Å². The standard InChI is InChI=1S/C21H25FN4O5S.C3H8/c1-21(2,3)31-20(29)23-12-17(27)30-15-11-14(22)7-6-13(15)10-16-18(28)25-19(32-16)26-9-5-4-8-24-26;1-3-2/h6-7,10-11,24H,4-5,8-9,12H2,1-3H3,(H,23,29);3H2,1-2H3/b16-10+;. The molecule has 0 aliphatic carbocycles. The fraction of sp³-hybridized carbons (Fsp3) is 0.500. The maximum absolute atomic E-state index is 13.8. The third kappa shape index (κ3) is 9.69. The van der Waals surface area contributed by atoms with Gasteiger partial charge in [0.25, 0.3) is 5.91 Å². The summed E-state index contributed by atoms with van der Waals surface area (Å²) in [7, 11) is 0. The highest BCUT2D eigenvalue weighted by atomic mass is 32.2. The molecule has 0 bridgehead atoms. The predicted octanol–water partition coefficient (Wildman–Crippen LogP) is 4.24. The molecule has 0 radical (unpaired) electrons. The Hall–Kier alpha value is -2.92. The maximum atomic E-state index is 13.8. The molecule has 3 rings (SSSR count). The number of esters is 1. The molecule has 9 nitrogen and oxygen atoms in total. The fourth-order valence-electron chi connectivity index (χ4n) is 2.84. The van der Waals surface area contributed by atoms with Crippen LogP contribution in [0, 0.1) is 5.82 Å². The topological polar surface area (TPSA) is 109 Å². The predicted molar refractivity (Wildman–Crippen MR) is 134 cm³/mol. The van der Waals surface area contributed by atoms with E-state index in [-0.39, 0.29) is 5.75 Å². The number of alkyl carbamates (subject to hydrolysis) is 1. The lowest BCUT2D eigenvalue weighted by Gasteiger charge is -2.28. The second-order valence-electron chi connectivity index (χ2n) is 8.80. The first-order valence-electron chi connectivity index (χ1n) is 11.5. The third-order valence-corrected chi connectivity index (χ3v) is 5.22. The molecule has 0 saturated carbocycles. The van der Waals surface area contributed by atoms with E-state index in [2.05, 4.69) is 29.6 Å². The number of nitrogens with one attached hydrogen (secondary N) is 2. The molecular weight excluding hydrogens is 475 g/mol. The Balaban J connectivity index is 0.00000137. The highest BCUT2D eigenvalue weighted by Gasteiger charge is 2.27. The summed E-state index contributed by atoms with van der Waals surface area (Å²) in [5.74, 6) is -1.94. The van der Waals surface area contributed by atoms with Crippen molar-refractivity contribution in [3.05, 3.63) is 34.5 Å². The smallest absolute Gasteiger partial charge is 0.408 e. The van der Waals surface area contributed by atoms with Crippen molar-refractivity contribution in [2.75, 3.05) is 19.6 Å². The van der Waals surface area contributed by atoms with Gasteiger partial charge in [-0.3, -0.25) is 9.80 Å². The number of benzene rings is 1. The Kier molecular flexibility index (Phi) is 10.7. The van der Waals surface area contributed by atoms with Gasteiger partial charge >= 0.3 is 12.1 Å². The summed E-state index contributed by atoms with van der Waals surface area (Å²) in [4.78, 5) is 40.6. The third-order valence-electron chi connectivity index (χ3n) is 4.21. The van der Waals surface area contributed by atoms with Gasteiger partial charge in [0.05, 0.1) is 4.91 Å². The van der Waals surface area contributed by atoms with Crippen LogP contribution in [0.25, 0.3) is 6.08 Å². The van der Waals surface area contributed by atoms with Gasteiger partial charge in [-0.15, -0.1) is 0 Å². The molecule has 2 aliphatic rings. The van der Waals surface area contributed by atoms with Gasteiger partial charge in [-0.25, -0.2) is 19.4 Å². The number of amidine groups is 1. The Morgan fingerprint density at radius 1 is 1.29 bits per heavy atom. The van der Waals surface area contributed by atoms with E-state index in [4.69, 9.17) is 9.47 Å². The van der Waals surface area contributed by atoms with Crippen molar-refractivity contribution < 1.29 is 28.2 Å². The van der Waals surface area contributed by atoms with Gasteiger partial charge in [-0.1, -0.05) is 20.3 Å². The average Bonchev–Trinajstić information content (AvgIpc) is 3.14. The lowest BCUT2D eigenvalue weighted by molar-refractivity contribution is -0.133. The van der Waals surface area contributed by atoms with Crippen molar-refractivity contribution in [3.63, 3.8) is 0 Å². The summed E-state index contributed by atoms with van der Waals surface area (Å²) in [6, 6.07) is 3.63. The number of amides is 2. The number of carbonyl (C=O) groups is 3. The molecular formula is C24H33FN4O5S. The van der Waals surface area contributed by atoms with E-state index in [1.165, 1.54) is 36.4 Å². The van der Waals surface area contributed by atoms with E-state index >= 15 is 0 Å². The first kappa shape index (κ1) is 28.3. The minimum Gasteiger partial charge on any atom is -0.444 e. The van der Waals surface area contributed by atoms with E-state index in [9.17, 15) is 18.8 Å². The Labute approximate surface area is 209 Å². The molecule has 192 valence electrons. The van der Waals surface area contributed by atoms with E-state index < -0.39 is 35.9 Å². The molecule has 1 saturated heterocycles. The molecule has 11 heteroatoms. The van der Waals surface area contributed by atoms with Crippen LogP contribution in [0.5, 0.6) is 5.75 Å². The number of halogens is 1. The molecule has 2 heterocycles. The van der Waals surface area contributed by atoms with Crippen LogP contribution in [0.1, 0.15) is 59.4 Å². The monoisotopic (exact) mass is 508 g/mol. The van der Waals surface area contributed by atoms with E-state index in [1.54, 1.807) is 20.8 Å². The van der Waals surface area contributed by atoms with Crippen LogP contribution in [0.4, 0.5) is 9.18 Å². The number of nitrogens with zero attached hydrogens (tertiary/aromatic N) is 2. The molecule has 2 amide bonds. The van der Waals surface area contributed by atoms with Crippen LogP contribution in [-0.4, -0.2) is 53.4 Å². The van der Waals surface area contributed by atoms with Crippen LogP contribution < -0.4 is 15.5 Å². The van der Waals surface area contributed by atoms with Gasteiger partial charge in [-0.05, 0) is 63.6 Å². The molecule has 0 spiro atoms. The fourth-order valence-corrected chi connectivity index (χ4v) is 3.75. The van der Waals surface area contributed by atoms with Crippen molar-refractivity contribution in [1.29, 1.82) is 0 Å². The molecule has 0 unspecified atom stereocenters. The number of hydrogen-bond donors (Lipinski definition) is 2. The zero-order valence-corrected chi connectivity index (χ0v) is 21.6. The van der Waals surface area contributed by atoms with Crippen molar-refractivity contribution >= 4 is 41.0 Å². The average molecular weight is 509 g/mol. The van der Waals surface area contributed by atoms with Crippen molar-refractivity contribution in [1.82, 2.24) is 15.8 Å². The second kappa shape index (κ2) is 13.2. The lowest BCUT2D eigenvalue weighted by atomic mass is 10.2. The highest BCUT2D eigenvalue weighted by Crippen LogP contribution is 2.32. The van der Waals surface area contributed by atoms with Crippen LogP contribution >= 0.6 is 11.8 Å². The molecule has 35 heavy (non-hydrogen) atoms. The molecule has 2 aliphatic heterocycles. The zero-order valence-electron chi connectivity index (χ0n) is 20.8. The molecule has 1 aromatic rings. The number of hydrogen-bond acceptors (Lipinski definition) is 8. The van der Waals surface area contributed by atoms with Gasteiger partial charge in [-0.2, -0.15) is 4.99 Å². The van der Waals surface area contributed by atoms with E-state index in [0.29, 0.717) is 15.6 Å². The summed E-state index contributed by atoms with van der Waals surface area (Å²) >= 11 is 1.19. The Morgan fingerprint density at radius 2 is 2.00 bits per heavy atom. The largest absolute Gasteiger partial charge is 0.444 e. The van der Waals surface area contributed by atoms with Crippen LogP contribution in [0.3, 0.4) is 0 Å². The van der Waals surface area contributed by atoms with Gasteiger partial charge in [0, 0.05) is 24.7 Å². The molecule has 1 aromatic carbocycles. The van der Waals surface area contributed by atoms with Crippen molar-refractivity contribution in [2.45, 2.75) is 59.5 Å². The first-order valence-corrected chi connectivity index (χ1v) is 12.3. The first-order chi connectivity index (χ1) is 16.5. The summed E-state index contributed by atoms with van der Waals surface area (Å²) in [6.45, 7) is 10.4. The maximum Gasteiger partial charge on any atom is 0.408 e. The van der Waals surface area contributed by atoms with Gasteiger partial charge in [0.2, 0.25) is 0 Å². The van der Waals surface area contributed by atoms with E-state index in [0.717, 1.165) is 32.0 Å². The number of carbonyl (C=O) groups excluding carboxylic acids is 3. The zero-order chi connectivity index (χ0) is 26.0. The van der Waals surface area contributed by atoms with Crippen molar-refractivity contribution in [2.24, 2.45) is 4.99 Å². The number of aliphatic imine (C=N–C) groups is 1. The van der Waals surface area contributed by atoms with Gasteiger partial charge in [0.15, 0.2) is 5.17 Å². The summed E-state index contributed by atoms with van der Waals surface area (Å²) in [6.07, 6.45) is 4.02. The van der Waals surface area contributed by atoms with Crippen LogP contribution in [0.15, 0.2) is 28.1 Å². The number of ether oxygens (including phenoxy) is 2. The molecule has 2 N–H and O–H groups in total. The highest BCUT2D eigenvalue weighted by molar-refractivity contribution is 8.18. The number of hydrazine groups is 1. The normalized spacial score (nSPS) is 16.9. The van der Waals surface area contributed by atoms with Gasteiger partial charge in [0.1, 0.15) is 23.7 Å². The number of rotatable bonds is 4. The van der Waals surface area contributed by atoms with Gasteiger partial charge < -0.3 is 14.8 Å². The summed E-state index contributed by atoms with van der Waals surface area (Å²) in [5.41, 5.74) is 2.80.